The summed E-state index contributed by atoms with van der Waals surface area (Å²) in [7, 11) is 0. The van der Waals surface area contributed by atoms with Crippen LogP contribution < -0.4 is 5.32 Å². The molecule has 2 fully saturated rings. The molecule has 0 radical (unpaired) electrons. The first-order valence-corrected chi connectivity index (χ1v) is 8.80. The fourth-order valence-corrected chi connectivity index (χ4v) is 4.62. The monoisotopic (exact) mass is 347 g/mol. The van der Waals surface area contributed by atoms with Crippen molar-refractivity contribution in [3.8, 4) is 0 Å². The van der Waals surface area contributed by atoms with Crippen LogP contribution in [-0.4, -0.2) is 34.2 Å². The van der Waals surface area contributed by atoms with E-state index in [-0.39, 0.29) is 47.9 Å². The van der Waals surface area contributed by atoms with Gasteiger partial charge in [0.15, 0.2) is 0 Å². The summed E-state index contributed by atoms with van der Waals surface area (Å²) in [4.78, 5) is 43.1. The van der Waals surface area contributed by atoms with Crippen LogP contribution in [0.5, 0.6) is 0 Å². The highest BCUT2D eigenvalue weighted by Crippen LogP contribution is 2.52. The van der Waals surface area contributed by atoms with Gasteiger partial charge >= 0.3 is 0 Å². The number of amides is 3. The van der Waals surface area contributed by atoms with Crippen molar-refractivity contribution in [2.75, 3.05) is 11.9 Å². The quantitative estimate of drug-likeness (QED) is 0.680. The second-order valence-electron chi connectivity index (χ2n) is 7.22. The zero-order chi connectivity index (χ0) is 17.8. The Morgan fingerprint density at radius 1 is 1.12 bits per heavy atom. The van der Waals surface area contributed by atoms with Crippen LogP contribution in [0, 0.1) is 23.7 Å². The van der Waals surface area contributed by atoms with Gasteiger partial charge in [0.25, 0.3) is 0 Å². The van der Waals surface area contributed by atoms with E-state index in [0.717, 1.165) is 22.2 Å². The molecule has 1 aliphatic heterocycles. The summed E-state index contributed by atoms with van der Waals surface area (Å²) in [6, 6.07) is 9.16. The fraction of sp³-hybridized carbons (Fsp3) is 0.300. The average Bonchev–Trinajstić information content (AvgIpc) is 3.32. The number of pyridine rings is 1. The van der Waals surface area contributed by atoms with E-state index in [4.69, 9.17) is 0 Å². The average molecular weight is 347 g/mol. The van der Waals surface area contributed by atoms with Crippen molar-refractivity contribution >= 4 is 34.3 Å². The summed E-state index contributed by atoms with van der Waals surface area (Å²) in [5.41, 5.74) is 1.46. The van der Waals surface area contributed by atoms with E-state index >= 15 is 0 Å². The molecule has 1 saturated heterocycles. The number of hydrogen-bond acceptors (Lipinski definition) is 4. The van der Waals surface area contributed by atoms with Crippen molar-refractivity contribution in [3.63, 3.8) is 0 Å². The van der Waals surface area contributed by atoms with E-state index in [1.165, 1.54) is 0 Å². The van der Waals surface area contributed by atoms with Crippen LogP contribution in [0.15, 0.2) is 48.7 Å². The summed E-state index contributed by atoms with van der Waals surface area (Å²) >= 11 is 0. The zero-order valence-electron chi connectivity index (χ0n) is 14.0. The van der Waals surface area contributed by atoms with Gasteiger partial charge in [-0.15, -0.1) is 0 Å². The van der Waals surface area contributed by atoms with Gasteiger partial charge in [-0.3, -0.25) is 24.3 Å². The predicted molar refractivity (Wildman–Crippen MR) is 94.8 cm³/mol. The van der Waals surface area contributed by atoms with Crippen molar-refractivity contribution in [1.82, 2.24) is 9.88 Å². The molecule has 1 aromatic heterocycles. The summed E-state index contributed by atoms with van der Waals surface area (Å²) < 4.78 is 0. The second-order valence-corrected chi connectivity index (χ2v) is 7.22. The normalized spacial score (nSPS) is 28.8. The minimum Gasteiger partial charge on any atom is -0.325 e. The molecule has 2 aliphatic carbocycles. The number of anilines is 1. The van der Waals surface area contributed by atoms with E-state index < -0.39 is 0 Å². The maximum Gasteiger partial charge on any atom is 0.244 e. The maximum atomic E-state index is 12.6. The van der Waals surface area contributed by atoms with Gasteiger partial charge < -0.3 is 5.32 Å². The number of nitrogens with zero attached hydrogens (tertiary/aromatic N) is 2. The third kappa shape index (κ3) is 2.18. The van der Waals surface area contributed by atoms with Crippen molar-refractivity contribution < 1.29 is 14.4 Å². The third-order valence-electron chi connectivity index (χ3n) is 5.75. The number of benzene rings is 1. The highest BCUT2D eigenvalue weighted by atomic mass is 16.2. The number of rotatable bonds is 3. The molecular formula is C20H17N3O3. The van der Waals surface area contributed by atoms with Crippen molar-refractivity contribution in [1.29, 1.82) is 0 Å². The van der Waals surface area contributed by atoms with Crippen LogP contribution in [0.3, 0.4) is 0 Å². The summed E-state index contributed by atoms with van der Waals surface area (Å²) in [6.07, 6.45) is 6.69. The molecule has 3 aliphatic rings. The molecule has 1 aromatic carbocycles. The number of nitrogens with one attached hydrogen (secondary N) is 1. The predicted octanol–water partition coefficient (Wildman–Crippen LogP) is 1.98. The highest BCUT2D eigenvalue weighted by Gasteiger charge is 2.59. The Kier molecular flexibility index (Phi) is 3.22. The molecule has 0 spiro atoms. The van der Waals surface area contributed by atoms with E-state index in [9.17, 15) is 14.4 Å². The number of fused-ring (bicyclic) bond motifs is 6. The van der Waals surface area contributed by atoms with E-state index in [1.54, 1.807) is 12.3 Å². The number of likely N-dealkylation sites (tertiary alicyclic amines) is 1. The SMILES string of the molecule is O=C(CN1C(=O)C2C3C=CC(C3)C2C1=O)Nc1ccc2ncccc2c1. The summed E-state index contributed by atoms with van der Waals surface area (Å²) in [6.45, 7) is -0.227. The first-order valence-electron chi connectivity index (χ1n) is 8.80. The molecule has 1 N–H and O–H groups in total. The minimum absolute atomic E-state index is 0.155. The van der Waals surface area contributed by atoms with Gasteiger partial charge in [-0.05, 0) is 42.5 Å². The lowest BCUT2D eigenvalue weighted by molar-refractivity contribution is -0.143. The van der Waals surface area contributed by atoms with Gasteiger partial charge in [0.2, 0.25) is 17.7 Å². The largest absolute Gasteiger partial charge is 0.325 e. The van der Waals surface area contributed by atoms with Gasteiger partial charge in [-0.25, -0.2) is 0 Å². The van der Waals surface area contributed by atoms with E-state index in [1.807, 2.05) is 36.4 Å². The summed E-state index contributed by atoms with van der Waals surface area (Å²) in [5.74, 6) is -0.987. The molecule has 4 atom stereocenters. The van der Waals surface area contributed by atoms with Gasteiger partial charge in [0.05, 0.1) is 17.4 Å². The van der Waals surface area contributed by atoms with Crippen LogP contribution in [-0.2, 0) is 14.4 Å². The van der Waals surface area contributed by atoms with Gasteiger partial charge in [0, 0.05) is 17.3 Å². The topological polar surface area (TPSA) is 79.4 Å². The van der Waals surface area contributed by atoms with Gasteiger partial charge in [0.1, 0.15) is 6.54 Å². The molecular weight excluding hydrogens is 330 g/mol. The first kappa shape index (κ1) is 15.3. The molecule has 2 heterocycles. The molecule has 130 valence electrons. The van der Waals surface area contributed by atoms with Crippen LogP contribution in [0.2, 0.25) is 0 Å². The number of aromatic nitrogens is 1. The Balaban J connectivity index is 1.31. The Bertz CT molecular complexity index is 953. The number of hydrogen-bond donors (Lipinski definition) is 1. The molecule has 3 amide bonds. The third-order valence-corrected chi connectivity index (χ3v) is 5.75. The van der Waals surface area contributed by atoms with Gasteiger partial charge in [-0.2, -0.15) is 0 Å². The molecule has 2 bridgehead atoms. The van der Waals surface area contributed by atoms with E-state index in [0.29, 0.717) is 5.69 Å². The van der Waals surface area contributed by atoms with E-state index in [2.05, 4.69) is 10.3 Å². The van der Waals surface area contributed by atoms with Crippen molar-refractivity contribution in [2.24, 2.45) is 23.7 Å². The van der Waals surface area contributed by atoms with Crippen LogP contribution >= 0.6 is 0 Å². The molecule has 5 rings (SSSR count). The number of carbonyl (C=O) groups is 3. The minimum atomic E-state index is -0.366. The standard InChI is InChI=1S/C20H17N3O3/c24-16(22-14-5-6-15-11(9-14)2-1-7-21-15)10-23-19(25)17-12-3-4-13(8-12)18(17)20(23)26/h1-7,9,12-13,17-18H,8,10H2,(H,22,24). The van der Waals surface area contributed by atoms with Crippen LogP contribution in [0.25, 0.3) is 10.9 Å². The lowest BCUT2D eigenvalue weighted by atomic mass is 9.85. The number of carbonyl (C=O) groups excluding carboxylic acids is 3. The molecule has 6 heteroatoms. The van der Waals surface area contributed by atoms with Crippen molar-refractivity contribution in [2.45, 2.75) is 6.42 Å². The van der Waals surface area contributed by atoms with Crippen molar-refractivity contribution in [3.05, 3.63) is 48.7 Å². The van der Waals surface area contributed by atoms with Crippen LogP contribution in [0.4, 0.5) is 5.69 Å². The number of imide groups is 1. The second kappa shape index (κ2) is 5.49. The Morgan fingerprint density at radius 3 is 2.58 bits per heavy atom. The molecule has 1 saturated carbocycles. The Labute approximate surface area is 149 Å². The first-order chi connectivity index (χ1) is 12.6. The molecule has 2 aromatic rings. The fourth-order valence-electron chi connectivity index (χ4n) is 4.62. The Hall–Kier alpha value is -3.02. The van der Waals surface area contributed by atoms with Crippen LogP contribution in [0.1, 0.15) is 6.42 Å². The molecule has 4 unspecified atom stereocenters. The summed E-state index contributed by atoms with van der Waals surface area (Å²) in [5, 5.41) is 3.69. The Morgan fingerprint density at radius 2 is 1.85 bits per heavy atom. The zero-order valence-corrected chi connectivity index (χ0v) is 14.0. The lowest BCUT2D eigenvalue weighted by Crippen LogP contribution is -2.39. The lowest BCUT2D eigenvalue weighted by Gasteiger charge is -2.17. The number of allylic oxidation sites excluding steroid dienone is 2. The smallest absolute Gasteiger partial charge is 0.244 e. The molecule has 6 nitrogen and oxygen atoms in total. The maximum absolute atomic E-state index is 12.6. The molecule has 26 heavy (non-hydrogen) atoms. The van der Waals surface area contributed by atoms with Gasteiger partial charge in [-0.1, -0.05) is 18.2 Å². The highest BCUT2D eigenvalue weighted by molar-refractivity contribution is 6.09.